The van der Waals surface area contributed by atoms with Gasteiger partial charge in [-0.15, -0.1) is 0 Å². The van der Waals surface area contributed by atoms with Crippen molar-refractivity contribution in [2.24, 2.45) is 0 Å². The molecule has 0 radical (unpaired) electrons. The Balaban J connectivity index is 2.13. The van der Waals surface area contributed by atoms with Gasteiger partial charge in [-0.05, 0) is 43.9 Å². The Morgan fingerprint density at radius 1 is 1.47 bits per heavy atom. The summed E-state index contributed by atoms with van der Waals surface area (Å²) in [6.45, 7) is 2.22. The van der Waals surface area contributed by atoms with E-state index in [1.165, 1.54) is 19.3 Å². The third-order valence-corrected chi connectivity index (χ3v) is 3.39. The van der Waals surface area contributed by atoms with Gasteiger partial charge in [0.05, 0.1) is 11.6 Å². The monoisotopic (exact) mass is 200 g/mol. The van der Waals surface area contributed by atoms with E-state index in [9.17, 15) is 0 Å². The molecule has 0 unspecified atom stereocenters. The van der Waals surface area contributed by atoms with E-state index in [0.717, 1.165) is 17.7 Å². The first-order valence-corrected chi connectivity index (χ1v) is 5.56. The van der Waals surface area contributed by atoms with Gasteiger partial charge < -0.3 is 5.32 Å². The Morgan fingerprint density at radius 2 is 2.27 bits per heavy atom. The molecule has 1 aliphatic carbocycles. The maximum Gasteiger partial charge on any atom is 0.0992 e. The minimum Gasteiger partial charge on any atom is -0.380 e. The van der Waals surface area contributed by atoms with Gasteiger partial charge in [-0.3, -0.25) is 0 Å². The molecule has 1 N–H and O–H groups in total. The van der Waals surface area contributed by atoms with Gasteiger partial charge in [0.2, 0.25) is 0 Å². The zero-order chi connectivity index (χ0) is 10.7. The summed E-state index contributed by atoms with van der Waals surface area (Å²) in [4.78, 5) is 0. The van der Waals surface area contributed by atoms with Crippen molar-refractivity contribution in [1.29, 1.82) is 5.26 Å². The molecule has 15 heavy (non-hydrogen) atoms. The first kappa shape index (κ1) is 10.0. The van der Waals surface area contributed by atoms with Gasteiger partial charge in [-0.1, -0.05) is 13.0 Å². The fraction of sp³-hybridized carbons (Fsp3) is 0.462. The summed E-state index contributed by atoms with van der Waals surface area (Å²) in [6, 6.07) is 9.90. The van der Waals surface area contributed by atoms with Gasteiger partial charge in [0.15, 0.2) is 0 Å². The number of nitriles is 1. The quantitative estimate of drug-likeness (QED) is 0.812. The molecule has 1 saturated carbocycles. The number of nitrogens with one attached hydrogen (secondary N) is 1. The summed E-state index contributed by atoms with van der Waals surface area (Å²) in [5.74, 6) is 0. The molecule has 0 amide bonds. The number of hydrogen-bond donors (Lipinski definition) is 1. The average molecular weight is 200 g/mol. The van der Waals surface area contributed by atoms with Crippen molar-refractivity contribution in [2.75, 3.05) is 5.32 Å². The number of rotatable bonds is 3. The van der Waals surface area contributed by atoms with Gasteiger partial charge in [0, 0.05) is 11.2 Å². The highest BCUT2D eigenvalue weighted by Crippen LogP contribution is 2.37. The zero-order valence-electron chi connectivity index (χ0n) is 9.09. The van der Waals surface area contributed by atoms with Crippen molar-refractivity contribution >= 4 is 5.69 Å². The second-order valence-corrected chi connectivity index (χ2v) is 4.31. The van der Waals surface area contributed by atoms with E-state index in [1.807, 2.05) is 24.3 Å². The van der Waals surface area contributed by atoms with Crippen LogP contribution in [0.4, 0.5) is 5.69 Å². The van der Waals surface area contributed by atoms with Crippen LogP contribution in [0.1, 0.15) is 38.2 Å². The van der Waals surface area contributed by atoms with E-state index >= 15 is 0 Å². The van der Waals surface area contributed by atoms with E-state index in [2.05, 4.69) is 18.3 Å². The normalized spacial score (nSPS) is 17.6. The Bertz CT molecular complexity index is 380. The van der Waals surface area contributed by atoms with Gasteiger partial charge in [-0.25, -0.2) is 0 Å². The Hall–Kier alpha value is -1.49. The summed E-state index contributed by atoms with van der Waals surface area (Å²) in [5, 5.41) is 12.4. The van der Waals surface area contributed by atoms with Crippen molar-refractivity contribution < 1.29 is 0 Å². The predicted molar refractivity (Wildman–Crippen MR) is 61.7 cm³/mol. The van der Waals surface area contributed by atoms with Crippen molar-refractivity contribution in [2.45, 2.75) is 38.1 Å². The van der Waals surface area contributed by atoms with E-state index in [0.29, 0.717) is 5.54 Å². The fourth-order valence-corrected chi connectivity index (χ4v) is 2.14. The van der Waals surface area contributed by atoms with Crippen molar-refractivity contribution in [3.63, 3.8) is 0 Å². The smallest absolute Gasteiger partial charge is 0.0992 e. The van der Waals surface area contributed by atoms with Crippen LogP contribution in [0.15, 0.2) is 24.3 Å². The fourth-order valence-electron chi connectivity index (χ4n) is 2.14. The van der Waals surface area contributed by atoms with Crippen LogP contribution in [0.5, 0.6) is 0 Å². The van der Waals surface area contributed by atoms with E-state index < -0.39 is 0 Å². The lowest BCUT2D eigenvalue weighted by atomic mass is 9.74. The maximum atomic E-state index is 8.81. The van der Waals surface area contributed by atoms with Crippen LogP contribution in [0, 0.1) is 11.3 Å². The van der Waals surface area contributed by atoms with Crippen LogP contribution in [0.25, 0.3) is 0 Å². The van der Waals surface area contributed by atoms with Crippen LogP contribution in [0.3, 0.4) is 0 Å². The molecule has 2 rings (SSSR count). The van der Waals surface area contributed by atoms with Crippen LogP contribution < -0.4 is 5.32 Å². The molecule has 1 fully saturated rings. The molecule has 0 spiro atoms. The number of hydrogen-bond acceptors (Lipinski definition) is 2. The van der Waals surface area contributed by atoms with Gasteiger partial charge >= 0.3 is 0 Å². The minimum absolute atomic E-state index is 0.300. The third kappa shape index (κ3) is 1.97. The average Bonchev–Trinajstić information content (AvgIpc) is 2.24. The molecule has 0 bridgehead atoms. The van der Waals surface area contributed by atoms with E-state index in [4.69, 9.17) is 5.26 Å². The molecular weight excluding hydrogens is 184 g/mol. The summed E-state index contributed by atoms with van der Waals surface area (Å²) in [7, 11) is 0. The topological polar surface area (TPSA) is 35.8 Å². The molecule has 1 aliphatic rings. The standard InChI is InChI=1S/C13H16N2/c1-2-13(7-4-8-13)15-12-6-3-5-11(9-12)10-14/h3,5-6,9,15H,2,4,7-8H2,1H3. The molecule has 2 heteroatoms. The molecule has 0 aliphatic heterocycles. The SMILES string of the molecule is CCC1(Nc2cccc(C#N)c2)CCC1. The van der Waals surface area contributed by atoms with Crippen molar-refractivity contribution in [3.05, 3.63) is 29.8 Å². The molecule has 1 aromatic rings. The summed E-state index contributed by atoms with van der Waals surface area (Å²) in [6.07, 6.45) is 4.98. The highest BCUT2D eigenvalue weighted by atomic mass is 15.0. The third-order valence-electron chi connectivity index (χ3n) is 3.39. The predicted octanol–water partition coefficient (Wildman–Crippen LogP) is 3.30. The number of benzene rings is 1. The molecule has 0 heterocycles. The van der Waals surface area contributed by atoms with Crippen LogP contribution >= 0.6 is 0 Å². The summed E-state index contributed by atoms with van der Waals surface area (Å²) < 4.78 is 0. The number of anilines is 1. The first-order valence-electron chi connectivity index (χ1n) is 5.56. The van der Waals surface area contributed by atoms with Crippen LogP contribution in [0.2, 0.25) is 0 Å². The van der Waals surface area contributed by atoms with Crippen molar-refractivity contribution in [1.82, 2.24) is 0 Å². The Morgan fingerprint density at radius 3 is 2.80 bits per heavy atom. The summed E-state index contributed by atoms with van der Waals surface area (Å²) >= 11 is 0. The van der Waals surface area contributed by atoms with Gasteiger partial charge in [0.1, 0.15) is 0 Å². The van der Waals surface area contributed by atoms with E-state index in [-0.39, 0.29) is 0 Å². The molecule has 0 saturated heterocycles. The molecule has 1 aromatic carbocycles. The molecule has 78 valence electrons. The maximum absolute atomic E-state index is 8.81. The van der Waals surface area contributed by atoms with Gasteiger partial charge in [0.25, 0.3) is 0 Å². The largest absolute Gasteiger partial charge is 0.380 e. The first-order chi connectivity index (χ1) is 7.28. The van der Waals surface area contributed by atoms with Crippen LogP contribution in [-0.4, -0.2) is 5.54 Å². The highest BCUT2D eigenvalue weighted by molar-refractivity contribution is 5.51. The lowest BCUT2D eigenvalue weighted by Crippen LogP contribution is -2.44. The van der Waals surface area contributed by atoms with E-state index in [1.54, 1.807) is 0 Å². The highest BCUT2D eigenvalue weighted by Gasteiger charge is 2.34. The Labute approximate surface area is 90.9 Å². The number of nitrogens with zero attached hydrogens (tertiary/aromatic N) is 1. The zero-order valence-corrected chi connectivity index (χ0v) is 9.09. The van der Waals surface area contributed by atoms with Crippen LogP contribution in [-0.2, 0) is 0 Å². The molecule has 0 atom stereocenters. The van der Waals surface area contributed by atoms with Gasteiger partial charge in [-0.2, -0.15) is 5.26 Å². The Kier molecular flexibility index (Phi) is 2.64. The second-order valence-electron chi connectivity index (χ2n) is 4.31. The van der Waals surface area contributed by atoms with Crippen molar-refractivity contribution in [3.8, 4) is 6.07 Å². The molecular formula is C13H16N2. The molecule has 0 aromatic heterocycles. The lowest BCUT2D eigenvalue weighted by molar-refractivity contribution is 0.269. The second kappa shape index (κ2) is 3.94. The summed E-state index contributed by atoms with van der Waals surface area (Å²) in [5.41, 5.74) is 2.11. The minimum atomic E-state index is 0.300. The molecule has 2 nitrogen and oxygen atoms in total. The lowest BCUT2D eigenvalue weighted by Gasteiger charge is -2.43.